The molecule has 3 aromatic heterocycles. The molecule has 1 aliphatic rings. The van der Waals surface area contributed by atoms with Gasteiger partial charge in [-0.3, -0.25) is 9.89 Å². The van der Waals surface area contributed by atoms with Crippen molar-refractivity contribution in [1.82, 2.24) is 29.6 Å². The van der Waals surface area contributed by atoms with Crippen molar-refractivity contribution in [2.75, 3.05) is 19.4 Å². The summed E-state index contributed by atoms with van der Waals surface area (Å²) in [6, 6.07) is 6.83. The minimum Gasteiger partial charge on any atom is -0.343 e. The number of aromatic amines is 1. The second-order valence-electron chi connectivity index (χ2n) is 7.79. The highest BCUT2D eigenvalue weighted by Gasteiger charge is 2.47. The average Bonchev–Trinajstić information content (AvgIpc) is 3.28. The monoisotopic (exact) mass is 411 g/mol. The van der Waals surface area contributed by atoms with E-state index in [1.54, 1.807) is 37.1 Å². The van der Waals surface area contributed by atoms with Gasteiger partial charge in [-0.15, -0.1) is 0 Å². The predicted octanol–water partition coefficient (Wildman–Crippen LogP) is 3.72. The molecular formula is C20H19F2N7O. The van der Waals surface area contributed by atoms with Crippen LogP contribution in [0.5, 0.6) is 0 Å². The van der Waals surface area contributed by atoms with Crippen molar-refractivity contribution in [3.8, 4) is 0 Å². The number of halogens is 2. The molecule has 5 rings (SSSR count). The van der Waals surface area contributed by atoms with Crippen LogP contribution in [0.15, 0.2) is 36.7 Å². The second kappa shape index (κ2) is 6.48. The van der Waals surface area contributed by atoms with Crippen molar-refractivity contribution in [1.29, 1.82) is 0 Å². The van der Waals surface area contributed by atoms with Crippen molar-refractivity contribution in [2.24, 2.45) is 0 Å². The van der Waals surface area contributed by atoms with Crippen molar-refractivity contribution in [2.45, 2.75) is 24.8 Å². The molecule has 1 amide bonds. The number of nitrogens with zero attached hydrogens (tertiary/aromatic N) is 5. The summed E-state index contributed by atoms with van der Waals surface area (Å²) in [6.07, 6.45) is 2.69. The number of carbonyl (C=O) groups is 1. The van der Waals surface area contributed by atoms with E-state index < -0.39 is 12.0 Å². The molecule has 0 saturated heterocycles. The van der Waals surface area contributed by atoms with E-state index in [2.05, 4.69) is 25.5 Å². The van der Waals surface area contributed by atoms with Crippen LogP contribution in [0.4, 0.5) is 20.4 Å². The van der Waals surface area contributed by atoms with Crippen LogP contribution in [-0.2, 0) is 0 Å². The van der Waals surface area contributed by atoms with Crippen LogP contribution in [0.2, 0.25) is 0 Å². The van der Waals surface area contributed by atoms with Crippen molar-refractivity contribution < 1.29 is 13.6 Å². The molecule has 1 fully saturated rings. The van der Waals surface area contributed by atoms with Gasteiger partial charge in [-0.2, -0.15) is 10.1 Å². The van der Waals surface area contributed by atoms with Crippen LogP contribution < -0.4 is 5.32 Å². The number of hydrogen-bond donors (Lipinski definition) is 2. The molecule has 4 aromatic rings. The van der Waals surface area contributed by atoms with Gasteiger partial charge in [0.1, 0.15) is 11.3 Å². The zero-order valence-corrected chi connectivity index (χ0v) is 16.4. The molecule has 8 nitrogen and oxygen atoms in total. The quantitative estimate of drug-likeness (QED) is 0.534. The number of nitrogens with one attached hydrogen (secondary N) is 2. The van der Waals surface area contributed by atoms with Gasteiger partial charge in [0.2, 0.25) is 5.95 Å². The number of alkyl halides is 2. The zero-order chi connectivity index (χ0) is 21.0. The van der Waals surface area contributed by atoms with Crippen LogP contribution >= 0.6 is 0 Å². The minimum absolute atomic E-state index is 0.261. The van der Waals surface area contributed by atoms with Crippen LogP contribution in [0.25, 0.3) is 21.9 Å². The van der Waals surface area contributed by atoms with E-state index in [0.717, 1.165) is 16.6 Å². The summed E-state index contributed by atoms with van der Waals surface area (Å²) in [4.78, 5) is 23.0. The number of aromatic nitrogens is 5. The molecule has 2 N–H and O–H groups in total. The normalized spacial score (nSPS) is 16.0. The lowest BCUT2D eigenvalue weighted by molar-refractivity contribution is -0.103. The first-order valence-electron chi connectivity index (χ1n) is 9.48. The first kappa shape index (κ1) is 18.5. The maximum atomic E-state index is 13.6. The zero-order valence-electron chi connectivity index (χ0n) is 16.4. The highest BCUT2D eigenvalue weighted by atomic mass is 19.3. The lowest BCUT2D eigenvalue weighted by Crippen LogP contribution is -2.39. The number of amides is 1. The molecule has 1 aromatic carbocycles. The first-order chi connectivity index (χ1) is 14.3. The molecule has 0 bridgehead atoms. The number of carbonyl (C=O) groups excluding carboxylic acids is 1. The summed E-state index contributed by atoms with van der Waals surface area (Å²) >= 11 is 0. The van der Waals surface area contributed by atoms with E-state index in [1.165, 1.54) is 4.90 Å². The standard InChI is InChI=1S/C20H19F2N7O/c1-28(2)18(30)16-6-12-9-23-19(25-13-3-4-15-11(5-13)10-24-27-15)26-17(12)29(16)14-7-20(21,22)8-14/h3-6,9-10,14H,7-8H2,1-2H3,(H,24,27)(H,23,25,26). The lowest BCUT2D eigenvalue weighted by Gasteiger charge is -2.37. The first-order valence-corrected chi connectivity index (χ1v) is 9.48. The van der Waals surface area contributed by atoms with Gasteiger partial charge in [0, 0.05) is 55.6 Å². The molecule has 1 saturated carbocycles. The maximum absolute atomic E-state index is 13.6. The number of rotatable bonds is 4. The van der Waals surface area contributed by atoms with Gasteiger partial charge in [-0.1, -0.05) is 0 Å². The SMILES string of the molecule is CN(C)C(=O)c1cc2cnc(Nc3ccc4[nH]ncc4c3)nc2n1C1CC(F)(F)C1. The van der Waals surface area contributed by atoms with Gasteiger partial charge in [-0.05, 0) is 24.3 Å². The highest BCUT2D eigenvalue weighted by Crippen LogP contribution is 2.47. The Balaban J connectivity index is 1.56. The number of benzene rings is 1. The third-order valence-corrected chi connectivity index (χ3v) is 5.33. The van der Waals surface area contributed by atoms with Crippen LogP contribution in [0, 0.1) is 0 Å². The summed E-state index contributed by atoms with van der Waals surface area (Å²) in [5.74, 6) is -2.66. The van der Waals surface area contributed by atoms with Crippen molar-refractivity contribution >= 4 is 39.5 Å². The van der Waals surface area contributed by atoms with E-state index in [4.69, 9.17) is 0 Å². The van der Waals surface area contributed by atoms with Crippen LogP contribution in [0.3, 0.4) is 0 Å². The molecule has 30 heavy (non-hydrogen) atoms. The van der Waals surface area contributed by atoms with Crippen molar-refractivity contribution in [3.05, 3.63) is 42.4 Å². The van der Waals surface area contributed by atoms with Gasteiger partial charge in [0.05, 0.1) is 11.7 Å². The van der Waals surface area contributed by atoms with Gasteiger partial charge in [0.25, 0.3) is 11.8 Å². The topological polar surface area (TPSA) is 91.7 Å². The molecule has 1 aliphatic carbocycles. The molecule has 10 heteroatoms. The fourth-order valence-corrected chi connectivity index (χ4v) is 3.79. The third kappa shape index (κ3) is 3.04. The summed E-state index contributed by atoms with van der Waals surface area (Å²) in [5, 5.41) is 11.6. The number of H-pyrrole nitrogens is 1. The number of hydrogen-bond acceptors (Lipinski definition) is 5. The third-order valence-electron chi connectivity index (χ3n) is 5.33. The van der Waals surface area contributed by atoms with E-state index in [9.17, 15) is 13.6 Å². The summed E-state index contributed by atoms with van der Waals surface area (Å²) < 4.78 is 28.8. The molecule has 0 aliphatic heterocycles. The predicted molar refractivity (Wildman–Crippen MR) is 108 cm³/mol. The molecule has 0 radical (unpaired) electrons. The Bertz CT molecular complexity index is 1270. The van der Waals surface area contributed by atoms with Crippen LogP contribution in [0.1, 0.15) is 29.4 Å². The lowest BCUT2D eigenvalue weighted by atomic mass is 9.88. The van der Waals surface area contributed by atoms with Crippen LogP contribution in [-0.4, -0.2) is 55.6 Å². The van der Waals surface area contributed by atoms with Gasteiger partial charge in [-0.25, -0.2) is 13.8 Å². The second-order valence-corrected chi connectivity index (χ2v) is 7.79. The smallest absolute Gasteiger partial charge is 0.270 e. The van der Waals surface area contributed by atoms with Gasteiger partial charge < -0.3 is 14.8 Å². The van der Waals surface area contributed by atoms with E-state index in [1.807, 2.05) is 18.2 Å². The average molecular weight is 411 g/mol. The number of anilines is 2. The van der Waals surface area contributed by atoms with E-state index >= 15 is 0 Å². The Labute approximate surface area is 169 Å². The molecule has 3 heterocycles. The molecule has 0 unspecified atom stereocenters. The molecule has 0 spiro atoms. The van der Waals surface area contributed by atoms with Crippen molar-refractivity contribution in [3.63, 3.8) is 0 Å². The Morgan fingerprint density at radius 3 is 2.77 bits per heavy atom. The fraction of sp³-hybridized carbons (Fsp3) is 0.300. The minimum atomic E-state index is -2.71. The Morgan fingerprint density at radius 2 is 2.03 bits per heavy atom. The fourth-order valence-electron chi connectivity index (χ4n) is 3.79. The Kier molecular flexibility index (Phi) is 3.99. The Morgan fingerprint density at radius 1 is 1.23 bits per heavy atom. The maximum Gasteiger partial charge on any atom is 0.270 e. The molecule has 0 atom stereocenters. The molecular weight excluding hydrogens is 392 g/mol. The summed E-state index contributed by atoms with van der Waals surface area (Å²) in [6.45, 7) is 0. The van der Waals surface area contributed by atoms with E-state index in [-0.39, 0.29) is 18.7 Å². The van der Waals surface area contributed by atoms with Gasteiger partial charge in [0.15, 0.2) is 0 Å². The van der Waals surface area contributed by atoms with E-state index in [0.29, 0.717) is 22.7 Å². The summed E-state index contributed by atoms with van der Waals surface area (Å²) in [7, 11) is 3.26. The number of fused-ring (bicyclic) bond motifs is 2. The largest absolute Gasteiger partial charge is 0.343 e. The summed E-state index contributed by atoms with van der Waals surface area (Å²) in [5.41, 5.74) is 2.47. The van der Waals surface area contributed by atoms with Gasteiger partial charge >= 0.3 is 0 Å². The molecule has 154 valence electrons. The Hall–Kier alpha value is -3.56. The highest BCUT2D eigenvalue weighted by molar-refractivity contribution is 5.98.